The van der Waals surface area contributed by atoms with E-state index in [-0.39, 0.29) is 0 Å². The number of fused-ring (bicyclic) bond motifs is 8. The Morgan fingerprint density at radius 2 is 1.04 bits per heavy atom. The molecular weight excluding hydrogens is 687 g/mol. The van der Waals surface area contributed by atoms with Gasteiger partial charge in [0.15, 0.2) is 0 Å². The van der Waals surface area contributed by atoms with Crippen molar-refractivity contribution in [2.45, 2.75) is 0 Å². The molecule has 0 atom stereocenters. The van der Waals surface area contributed by atoms with E-state index in [9.17, 15) is 0 Å². The predicted molar refractivity (Wildman–Crippen MR) is 235 cm³/mol. The Hall–Kier alpha value is -6.94. The van der Waals surface area contributed by atoms with Crippen molar-refractivity contribution in [3.8, 4) is 33.4 Å². The first-order chi connectivity index (χ1) is 27.3. The number of furan rings is 1. The summed E-state index contributed by atoms with van der Waals surface area (Å²) in [6, 6.07) is 72.2. The molecule has 0 N–H and O–H groups in total. The molecule has 9 aromatic carbocycles. The fraction of sp³-hybridized carbons (Fsp3) is 0. The molecule has 0 aliphatic carbocycles. The molecule has 0 aliphatic rings. The van der Waals surface area contributed by atoms with Crippen LogP contribution in [0.5, 0.6) is 0 Å². The van der Waals surface area contributed by atoms with Crippen LogP contribution in [-0.2, 0) is 0 Å². The van der Waals surface area contributed by atoms with E-state index in [1.54, 1.807) is 0 Å². The third-order valence-electron chi connectivity index (χ3n) is 10.9. The predicted octanol–water partition coefficient (Wildman–Crippen LogP) is 15.6. The van der Waals surface area contributed by atoms with Gasteiger partial charge in [0.1, 0.15) is 11.2 Å². The zero-order valence-electron chi connectivity index (χ0n) is 29.8. The number of nitrogens with zero attached hydrogens (tertiary/aromatic N) is 1. The molecule has 2 nitrogen and oxygen atoms in total. The van der Waals surface area contributed by atoms with Gasteiger partial charge in [-0.05, 0) is 93.9 Å². The average molecular weight is 720 g/mol. The molecule has 0 unspecified atom stereocenters. The highest BCUT2D eigenvalue weighted by Crippen LogP contribution is 2.47. The molecule has 55 heavy (non-hydrogen) atoms. The number of anilines is 3. The molecule has 0 radical (unpaired) electrons. The van der Waals surface area contributed by atoms with E-state index in [1.165, 1.54) is 47.8 Å². The van der Waals surface area contributed by atoms with Gasteiger partial charge in [0.25, 0.3) is 0 Å². The molecule has 3 heteroatoms. The molecule has 11 rings (SSSR count). The zero-order valence-corrected chi connectivity index (χ0v) is 30.6. The molecular formula is C52H33NOS. The lowest BCUT2D eigenvalue weighted by molar-refractivity contribution is 0.673. The minimum atomic E-state index is 0.887. The van der Waals surface area contributed by atoms with Gasteiger partial charge >= 0.3 is 0 Å². The zero-order chi connectivity index (χ0) is 36.3. The van der Waals surface area contributed by atoms with E-state index >= 15 is 0 Å². The standard InChI is InChI=1S/C52H33NOS/c1-2-12-34(13-3-1)37-15-10-16-38(32-37)35-24-27-39(28-25-35)53(40-29-31-50-46(33-40)43-19-7-9-23-49(43)55-50)47-21-8-6-18-42(47)44-20-11-22-48-51(44)45-30-26-36-14-4-5-17-41(36)52(45)54-48/h1-33H. The summed E-state index contributed by atoms with van der Waals surface area (Å²) in [6.45, 7) is 0. The molecule has 0 amide bonds. The van der Waals surface area contributed by atoms with E-state index in [0.29, 0.717) is 0 Å². The normalized spacial score (nSPS) is 11.6. The number of benzene rings is 9. The van der Waals surface area contributed by atoms with Crippen LogP contribution in [0.4, 0.5) is 17.1 Å². The van der Waals surface area contributed by atoms with E-state index in [1.807, 2.05) is 11.3 Å². The number of rotatable bonds is 6. The Balaban J connectivity index is 1.10. The lowest BCUT2D eigenvalue weighted by Gasteiger charge is -2.28. The van der Waals surface area contributed by atoms with Crippen LogP contribution in [0, 0.1) is 0 Å². The van der Waals surface area contributed by atoms with E-state index < -0.39 is 0 Å². The minimum Gasteiger partial charge on any atom is -0.455 e. The third-order valence-corrected chi connectivity index (χ3v) is 12.0. The first-order valence-corrected chi connectivity index (χ1v) is 19.5. The molecule has 0 fully saturated rings. The second-order valence-corrected chi connectivity index (χ2v) is 15.2. The number of thiophene rings is 1. The summed E-state index contributed by atoms with van der Waals surface area (Å²) in [6.07, 6.45) is 0. The average Bonchev–Trinajstić information content (AvgIpc) is 3.83. The summed E-state index contributed by atoms with van der Waals surface area (Å²) >= 11 is 1.85. The lowest BCUT2D eigenvalue weighted by atomic mass is 9.96. The number of hydrogen-bond donors (Lipinski definition) is 0. The molecule has 0 bridgehead atoms. The highest BCUT2D eigenvalue weighted by Gasteiger charge is 2.22. The van der Waals surface area contributed by atoms with Gasteiger partial charge in [-0.2, -0.15) is 0 Å². The van der Waals surface area contributed by atoms with Crippen molar-refractivity contribution in [1.29, 1.82) is 0 Å². The van der Waals surface area contributed by atoms with Gasteiger partial charge in [0.2, 0.25) is 0 Å². The monoisotopic (exact) mass is 719 g/mol. The second kappa shape index (κ2) is 12.9. The van der Waals surface area contributed by atoms with Crippen LogP contribution in [0.25, 0.3) is 86.3 Å². The van der Waals surface area contributed by atoms with Crippen molar-refractivity contribution in [3.05, 3.63) is 200 Å². The lowest BCUT2D eigenvalue weighted by Crippen LogP contribution is -2.11. The largest absolute Gasteiger partial charge is 0.455 e. The van der Waals surface area contributed by atoms with Crippen molar-refractivity contribution in [3.63, 3.8) is 0 Å². The molecule has 0 spiro atoms. The van der Waals surface area contributed by atoms with Crippen molar-refractivity contribution in [2.24, 2.45) is 0 Å². The highest BCUT2D eigenvalue weighted by molar-refractivity contribution is 7.25. The topological polar surface area (TPSA) is 16.4 Å². The van der Waals surface area contributed by atoms with E-state index in [4.69, 9.17) is 4.42 Å². The molecule has 0 saturated heterocycles. The maximum absolute atomic E-state index is 6.66. The second-order valence-electron chi connectivity index (χ2n) is 14.1. The number of hydrogen-bond acceptors (Lipinski definition) is 3. The first kappa shape index (κ1) is 31.6. The van der Waals surface area contributed by atoms with Crippen molar-refractivity contribution >= 4 is 81.3 Å². The van der Waals surface area contributed by atoms with Crippen LogP contribution in [0.15, 0.2) is 205 Å². The van der Waals surface area contributed by atoms with Crippen LogP contribution in [0.1, 0.15) is 0 Å². The van der Waals surface area contributed by atoms with Crippen LogP contribution in [-0.4, -0.2) is 0 Å². The van der Waals surface area contributed by atoms with Crippen LogP contribution >= 0.6 is 11.3 Å². The Morgan fingerprint density at radius 1 is 0.382 bits per heavy atom. The highest BCUT2D eigenvalue weighted by atomic mass is 32.1. The van der Waals surface area contributed by atoms with E-state index in [0.717, 1.165) is 55.5 Å². The van der Waals surface area contributed by atoms with Gasteiger partial charge in [-0.15, -0.1) is 11.3 Å². The summed E-state index contributed by atoms with van der Waals surface area (Å²) in [5.74, 6) is 0. The quantitative estimate of drug-likeness (QED) is 0.170. The molecule has 0 saturated carbocycles. The fourth-order valence-corrected chi connectivity index (χ4v) is 9.35. The molecule has 2 aromatic heterocycles. The minimum absolute atomic E-state index is 0.887. The van der Waals surface area contributed by atoms with Crippen LogP contribution < -0.4 is 4.90 Å². The van der Waals surface area contributed by atoms with Gasteiger partial charge in [-0.1, -0.05) is 140 Å². The van der Waals surface area contributed by atoms with Gasteiger partial charge in [0, 0.05) is 53.3 Å². The van der Waals surface area contributed by atoms with Crippen molar-refractivity contribution < 1.29 is 4.42 Å². The van der Waals surface area contributed by atoms with Gasteiger partial charge < -0.3 is 9.32 Å². The van der Waals surface area contributed by atoms with Crippen molar-refractivity contribution in [2.75, 3.05) is 4.90 Å². The Labute approximate surface area is 322 Å². The smallest absolute Gasteiger partial charge is 0.143 e. The summed E-state index contributed by atoms with van der Waals surface area (Å²) in [5.41, 5.74) is 12.2. The Bertz CT molecular complexity index is 3210. The number of para-hydroxylation sites is 1. The first-order valence-electron chi connectivity index (χ1n) is 18.7. The SMILES string of the molecule is c1ccc(-c2cccc(-c3ccc(N(c4ccc5sc6ccccc6c5c4)c4ccccc4-c4cccc5oc6c7ccccc7ccc6c45)cc3)c2)cc1. The fourth-order valence-electron chi connectivity index (χ4n) is 8.27. The van der Waals surface area contributed by atoms with Crippen LogP contribution in [0.3, 0.4) is 0 Å². The summed E-state index contributed by atoms with van der Waals surface area (Å²) in [7, 11) is 0. The summed E-state index contributed by atoms with van der Waals surface area (Å²) in [5, 5.41) is 7.11. The Morgan fingerprint density at radius 3 is 1.91 bits per heavy atom. The van der Waals surface area contributed by atoms with Gasteiger partial charge in [-0.25, -0.2) is 0 Å². The maximum atomic E-state index is 6.66. The van der Waals surface area contributed by atoms with Crippen molar-refractivity contribution in [1.82, 2.24) is 0 Å². The molecule has 11 aromatic rings. The van der Waals surface area contributed by atoms with Gasteiger partial charge in [-0.3, -0.25) is 0 Å². The molecule has 258 valence electrons. The third kappa shape index (κ3) is 5.32. The van der Waals surface area contributed by atoms with E-state index in [2.05, 4.69) is 205 Å². The maximum Gasteiger partial charge on any atom is 0.143 e. The summed E-state index contributed by atoms with van der Waals surface area (Å²) in [4.78, 5) is 2.42. The molecule has 2 heterocycles. The van der Waals surface area contributed by atoms with Crippen LogP contribution in [0.2, 0.25) is 0 Å². The molecule has 0 aliphatic heterocycles. The Kier molecular flexibility index (Phi) is 7.39. The van der Waals surface area contributed by atoms with Gasteiger partial charge in [0.05, 0.1) is 5.69 Å². The summed E-state index contributed by atoms with van der Waals surface area (Å²) < 4.78 is 9.24.